The molecule has 0 aliphatic carbocycles. The zero-order chi connectivity index (χ0) is 6.81. The lowest BCUT2D eigenvalue weighted by atomic mass is 9.99. The molecule has 2 aliphatic rings. The maximum absolute atomic E-state index is 3.46. The lowest BCUT2D eigenvalue weighted by Crippen LogP contribution is -2.40. The summed E-state index contributed by atoms with van der Waals surface area (Å²) in [4.78, 5) is 2.50. The third-order valence-electron chi connectivity index (χ3n) is 2.27. The van der Waals surface area contributed by atoms with Gasteiger partial charge in [-0.1, -0.05) is 12.2 Å². The van der Waals surface area contributed by atoms with E-state index in [1.165, 1.54) is 32.4 Å². The van der Waals surface area contributed by atoms with Gasteiger partial charge in [-0.3, -0.25) is 4.90 Å². The van der Waals surface area contributed by atoms with Gasteiger partial charge >= 0.3 is 0 Å². The van der Waals surface area contributed by atoms with Gasteiger partial charge in [-0.2, -0.15) is 0 Å². The minimum atomic E-state index is 0.558. The summed E-state index contributed by atoms with van der Waals surface area (Å²) in [5.74, 6) is 0. The molecule has 2 aliphatic heterocycles. The zero-order valence-corrected chi connectivity index (χ0v) is 6.21. The topological polar surface area (TPSA) is 3.24 Å². The van der Waals surface area contributed by atoms with Crippen LogP contribution in [0.15, 0.2) is 12.2 Å². The molecule has 1 unspecified atom stereocenters. The molecule has 54 valence electrons. The normalized spacial score (nSPS) is 33.8. The average molecular weight is 135 g/mol. The first kappa shape index (κ1) is 6.41. The number of fused-ring (bicyclic) bond motifs is 1. The molecule has 2 rings (SSSR count). The van der Waals surface area contributed by atoms with Crippen molar-refractivity contribution in [1.82, 2.24) is 4.90 Å². The zero-order valence-electron chi connectivity index (χ0n) is 6.21. The molecular weight excluding hydrogens is 122 g/mol. The second-order valence-electron chi connectivity index (χ2n) is 3.01. The van der Waals surface area contributed by atoms with E-state index in [1.807, 2.05) is 0 Å². The molecule has 0 bridgehead atoms. The first-order valence-electron chi connectivity index (χ1n) is 4.11. The van der Waals surface area contributed by atoms with E-state index in [4.69, 9.17) is 0 Å². The quantitative estimate of drug-likeness (QED) is 0.455. The summed E-state index contributed by atoms with van der Waals surface area (Å²) in [5.41, 5.74) is 0. The molecule has 0 saturated carbocycles. The Morgan fingerprint density at radius 2 is 2.40 bits per heavy atom. The van der Waals surface area contributed by atoms with Crippen molar-refractivity contribution in [3.05, 3.63) is 18.6 Å². The Balaban J connectivity index is 2.03. The van der Waals surface area contributed by atoms with Crippen molar-refractivity contribution in [2.45, 2.75) is 25.3 Å². The predicted octanol–water partition coefficient (Wildman–Crippen LogP) is 1.49. The number of hydrogen-bond donors (Lipinski definition) is 0. The van der Waals surface area contributed by atoms with Crippen LogP contribution in [0, 0.1) is 6.42 Å². The third kappa shape index (κ3) is 1.10. The molecule has 2 radical (unpaired) electrons. The van der Waals surface area contributed by atoms with Gasteiger partial charge in [0.1, 0.15) is 0 Å². The molecule has 0 spiro atoms. The Morgan fingerprint density at radius 3 is 3.30 bits per heavy atom. The van der Waals surface area contributed by atoms with E-state index in [9.17, 15) is 0 Å². The highest BCUT2D eigenvalue weighted by Crippen LogP contribution is 2.20. The Labute approximate surface area is 62.7 Å². The number of piperidine rings is 1. The van der Waals surface area contributed by atoms with Crippen LogP contribution in [0.4, 0.5) is 0 Å². The molecule has 0 aromatic rings. The molecule has 0 N–H and O–H groups in total. The molecule has 1 nitrogen and oxygen atoms in total. The molecule has 1 saturated heterocycles. The van der Waals surface area contributed by atoms with E-state index in [0.29, 0.717) is 6.04 Å². The van der Waals surface area contributed by atoms with Crippen molar-refractivity contribution in [2.75, 3.05) is 13.1 Å². The Hall–Kier alpha value is -0.300. The van der Waals surface area contributed by atoms with E-state index < -0.39 is 0 Å². The van der Waals surface area contributed by atoms with Crippen LogP contribution in [0.3, 0.4) is 0 Å². The summed E-state index contributed by atoms with van der Waals surface area (Å²) in [7, 11) is 0. The SMILES string of the molecule is [C]1CCCN2CCC=CC12. The Morgan fingerprint density at radius 1 is 1.40 bits per heavy atom. The van der Waals surface area contributed by atoms with Crippen molar-refractivity contribution in [3.8, 4) is 0 Å². The van der Waals surface area contributed by atoms with Crippen LogP contribution in [0.2, 0.25) is 0 Å². The molecular formula is C9H13N. The molecule has 1 fully saturated rings. The molecule has 1 atom stereocenters. The number of nitrogens with zero attached hydrogens (tertiary/aromatic N) is 1. The predicted molar refractivity (Wildman–Crippen MR) is 41.6 cm³/mol. The lowest BCUT2D eigenvalue weighted by molar-refractivity contribution is 0.212. The van der Waals surface area contributed by atoms with Crippen LogP contribution in [-0.2, 0) is 0 Å². The van der Waals surface area contributed by atoms with Crippen molar-refractivity contribution < 1.29 is 0 Å². The Kier molecular flexibility index (Phi) is 1.76. The number of hydrogen-bond acceptors (Lipinski definition) is 1. The van der Waals surface area contributed by atoms with Crippen molar-refractivity contribution >= 4 is 0 Å². The maximum atomic E-state index is 3.46. The highest BCUT2D eigenvalue weighted by molar-refractivity contribution is 5.07. The van der Waals surface area contributed by atoms with Gasteiger partial charge in [0, 0.05) is 19.0 Å². The summed E-state index contributed by atoms with van der Waals surface area (Å²) in [5, 5.41) is 0. The minimum Gasteiger partial charge on any atom is -0.296 e. The number of rotatable bonds is 0. The summed E-state index contributed by atoms with van der Waals surface area (Å²) in [6.45, 7) is 2.52. The van der Waals surface area contributed by atoms with Crippen LogP contribution in [0.1, 0.15) is 19.3 Å². The largest absolute Gasteiger partial charge is 0.296 e. The smallest absolute Gasteiger partial charge is 0.0347 e. The van der Waals surface area contributed by atoms with Crippen molar-refractivity contribution in [2.24, 2.45) is 0 Å². The van der Waals surface area contributed by atoms with Crippen LogP contribution in [0.5, 0.6) is 0 Å². The van der Waals surface area contributed by atoms with Gasteiger partial charge in [0.05, 0.1) is 0 Å². The second kappa shape index (κ2) is 2.75. The fourth-order valence-corrected chi connectivity index (χ4v) is 1.71. The fourth-order valence-electron chi connectivity index (χ4n) is 1.71. The highest BCUT2D eigenvalue weighted by Gasteiger charge is 2.21. The first-order chi connectivity index (χ1) is 4.97. The van der Waals surface area contributed by atoms with E-state index >= 15 is 0 Å². The molecule has 1 heteroatoms. The average Bonchev–Trinajstić information content (AvgIpc) is 2.05. The van der Waals surface area contributed by atoms with E-state index in [-0.39, 0.29) is 0 Å². The molecule has 0 aromatic heterocycles. The maximum Gasteiger partial charge on any atom is 0.0347 e. The summed E-state index contributed by atoms with van der Waals surface area (Å²) in [6, 6.07) is 0.558. The second-order valence-corrected chi connectivity index (χ2v) is 3.01. The minimum absolute atomic E-state index is 0.558. The van der Waals surface area contributed by atoms with Gasteiger partial charge in [-0.05, 0) is 25.8 Å². The summed E-state index contributed by atoms with van der Waals surface area (Å²) < 4.78 is 0. The molecule has 0 aromatic carbocycles. The fraction of sp³-hybridized carbons (Fsp3) is 0.667. The van der Waals surface area contributed by atoms with Crippen LogP contribution in [-0.4, -0.2) is 24.0 Å². The van der Waals surface area contributed by atoms with Gasteiger partial charge in [0.25, 0.3) is 0 Å². The molecule has 0 amide bonds. The Bertz CT molecular complexity index is 140. The lowest BCUT2D eigenvalue weighted by Gasteiger charge is -2.35. The van der Waals surface area contributed by atoms with Gasteiger partial charge in [0.2, 0.25) is 0 Å². The molecule has 10 heavy (non-hydrogen) atoms. The first-order valence-corrected chi connectivity index (χ1v) is 4.11. The van der Waals surface area contributed by atoms with Crippen molar-refractivity contribution in [1.29, 1.82) is 0 Å². The third-order valence-corrected chi connectivity index (χ3v) is 2.27. The summed E-state index contributed by atoms with van der Waals surface area (Å²) >= 11 is 0. The molecule has 2 heterocycles. The standard InChI is InChI=1S/C9H13N/c1-3-7-10-8-4-2-6-9(10)5-1/h1,5,9H,2-4,7-8H2. The van der Waals surface area contributed by atoms with E-state index in [2.05, 4.69) is 23.5 Å². The highest BCUT2D eigenvalue weighted by atomic mass is 15.2. The van der Waals surface area contributed by atoms with Crippen molar-refractivity contribution in [3.63, 3.8) is 0 Å². The van der Waals surface area contributed by atoms with E-state index in [0.717, 1.165) is 0 Å². The van der Waals surface area contributed by atoms with Gasteiger partial charge in [-0.25, -0.2) is 0 Å². The van der Waals surface area contributed by atoms with Gasteiger partial charge < -0.3 is 0 Å². The van der Waals surface area contributed by atoms with Crippen LogP contribution in [0.25, 0.3) is 0 Å². The monoisotopic (exact) mass is 135 g/mol. The summed E-state index contributed by atoms with van der Waals surface area (Å²) in [6.07, 6.45) is 11.7. The van der Waals surface area contributed by atoms with Gasteiger partial charge in [0.15, 0.2) is 0 Å². The van der Waals surface area contributed by atoms with E-state index in [1.54, 1.807) is 0 Å². The van der Waals surface area contributed by atoms with Gasteiger partial charge in [-0.15, -0.1) is 0 Å². The van der Waals surface area contributed by atoms with Crippen LogP contribution < -0.4 is 0 Å². The van der Waals surface area contributed by atoms with Crippen LogP contribution >= 0.6 is 0 Å².